The molecule has 5 heteroatoms. The lowest BCUT2D eigenvalue weighted by molar-refractivity contribution is 0.112. The summed E-state index contributed by atoms with van der Waals surface area (Å²) in [5.74, 6) is 0.352. The zero-order chi connectivity index (χ0) is 14.7. The summed E-state index contributed by atoms with van der Waals surface area (Å²) in [7, 11) is 2.17. The lowest BCUT2D eigenvalue weighted by Gasteiger charge is -2.27. The van der Waals surface area contributed by atoms with Gasteiger partial charge in [-0.3, -0.25) is 4.79 Å². The summed E-state index contributed by atoms with van der Waals surface area (Å²) in [4.78, 5) is 21.6. The number of carbonyl (C=O) groups is 1. The van der Waals surface area contributed by atoms with Crippen molar-refractivity contribution in [2.75, 3.05) is 31.6 Å². The third kappa shape index (κ3) is 3.20. The maximum atomic E-state index is 11.3. The van der Waals surface area contributed by atoms with Gasteiger partial charge < -0.3 is 9.80 Å². The van der Waals surface area contributed by atoms with Crippen molar-refractivity contribution in [3.63, 3.8) is 0 Å². The zero-order valence-corrected chi connectivity index (χ0v) is 13.7. The van der Waals surface area contributed by atoms with Crippen LogP contribution in [0.15, 0.2) is 0 Å². The van der Waals surface area contributed by atoms with Crippen LogP contribution in [0, 0.1) is 0 Å². The largest absolute Gasteiger partial charge is 0.344 e. The van der Waals surface area contributed by atoms with Crippen LogP contribution in [0.2, 0.25) is 0 Å². The molecule has 0 aromatic carbocycles. The number of hydrogen-bond donors (Lipinski definition) is 0. The Hall–Kier alpha value is -0.940. The van der Waals surface area contributed by atoms with Crippen LogP contribution < -0.4 is 4.90 Å². The Bertz CT molecular complexity index is 460. The topological polar surface area (TPSA) is 36.4 Å². The van der Waals surface area contributed by atoms with Crippen LogP contribution >= 0.6 is 11.3 Å². The van der Waals surface area contributed by atoms with Gasteiger partial charge in [0.25, 0.3) is 0 Å². The maximum Gasteiger partial charge on any atom is 0.186 e. The highest BCUT2D eigenvalue weighted by atomic mass is 32.1. The van der Waals surface area contributed by atoms with Crippen LogP contribution in [0.1, 0.15) is 54.9 Å². The second-order valence-corrected chi connectivity index (χ2v) is 6.84. The van der Waals surface area contributed by atoms with Crippen molar-refractivity contribution in [1.29, 1.82) is 0 Å². The molecule has 0 N–H and O–H groups in total. The van der Waals surface area contributed by atoms with Crippen molar-refractivity contribution in [1.82, 2.24) is 9.88 Å². The number of hydrogen-bond acceptors (Lipinski definition) is 5. The van der Waals surface area contributed by atoms with Gasteiger partial charge in [0.15, 0.2) is 11.4 Å². The molecule has 4 nitrogen and oxygen atoms in total. The average Bonchev–Trinajstić information content (AvgIpc) is 2.78. The minimum Gasteiger partial charge on any atom is -0.344 e. The molecule has 0 bridgehead atoms. The summed E-state index contributed by atoms with van der Waals surface area (Å²) >= 11 is 1.55. The molecule has 1 aromatic rings. The van der Waals surface area contributed by atoms with Crippen LogP contribution in [0.4, 0.5) is 5.13 Å². The number of aldehydes is 1. The molecule has 2 atom stereocenters. The lowest BCUT2D eigenvalue weighted by atomic mass is 10.0. The van der Waals surface area contributed by atoms with E-state index in [0.717, 1.165) is 54.5 Å². The van der Waals surface area contributed by atoms with Crippen LogP contribution in [-0.4, -0.2) is 48.9 Å². The molecule has 0 radical (unpaired) electrons. The van der Waals surface area contributed by atoms with Gasteiger partial charge in [-0.15, -0.1) is 0 Å². The normalized spacial score (nSPS) is 22.6. The molecule has 0 saturated carbocycles. The molecule has 1 aliphatic rings. The Morgan fingerprint density at radius 2 is 2.25 bits per heavy atom. The first-order valence-electron chi connectivity index (χ1n) is 7.47. The van der Waals surface area contributed by atoms with E-state index < -0.39 is 0 Å². The van der Waals surface area contributed by atoms with Crippen LogP contribution in [-0.2, 0) is 0 Å². The number of likely N-dealkylation sites (N-methyl/N-ethyl adjacent to an activating group) is 1. The van der Waals surface area contributed by atoms with Gasteiger partial charge in [0.2, 0.25) is 0 Å². The number of thiazole rings is 1. The second-order valence-electron chi connectivity index (χ2n) is 5.83. The van der Waals surface area contributed by atoms with E-state index in [-0.39, 0.29) is 0 Å². The summed E-state index contributed by atoms with van der Waals surface area (Å²) in [6.45, 7) is 9.73. The maximum absolute atomic E-state index is 11.3. The minimum atomic E-state index is 0.352. The van der Waals surface area contributed by atoms with E-state index in [1.165, 1.54) is 0 Å². The van der Waals surface area contributed by atoms with E-state index in [2.05, 4.69) is 37.6 Å². The molecule has 2 heterocycles. The van der Waals surface area contributed by atoms with E-state index in [0.29, 0.717) is 12.0 Å². The van der Waals surface area contributed by atoms with Crippen molar-refractivity contribution in [2.45, 2.75) is 45.6 Å². The summed E-state index contributed by atoms with van der Waals surface area (Å²) in [5, 5.41) is 1.02. The highest BCUT2D eigenvalue weighted by molar-refractivity contribution is 7.17. The van der Waals surface area contributed by atoms with Gasteiger partial charge >= 0.3 is 0 Å². The van der Waals surface area contributed by atoms with Crippen LogP contribution in [0.5, 0.6) is 0 Å². The third-order valence-corrected chi connectivity index (χ3v) is 5.18. The molecular weight excluding hydrogens is 270 g/mol. The SMILES string of the molecule is CCC(C)c1nc(N2CCCN(C)CC2C)sc1C=O. The molecule has 2 unspecified atom stereocenters. The Kier molecular flexibility index (Phi) is 5.16. The van der Waals surface area contributed by atoms with Gasteiger partial charge in [-0.2, -0.15) is 0 Å². The van der Waals surface area contributed by atoms with Gasteiger partial charge in [0.1, 0.15) is 0 Å². The standard InChI is InChI=1S/C15H25N3OS/c1-5-11(2)14-13(10-19)20-15(16-14)18-8-6-7-17(4)9-12(18)3/h10-12H,5-9H2,1-4H3. The molecule has 1 aliphatic heterocycles. The van der Waals surface area contributed by atoms with Gasteiger partial charge in [0, 0.05) is 19.1 Å². The molecule has 20 heavy (non-hydrogen) atoms. The van der Waals surface area contributed by atoms with Crippen LogP contribution in [0.3, 0.4) is 0 Å². The number of anilines is 1. The molecule has 112 valence electrons. The molecule has 0 spiro atoms. The Labute approximate surface area is 125 Å². The van der Waals surface area contributed by atoms with Gasteiger partial charge in [-0.05, 0) is 39.3 Å². The van der Waals surface area contributed by atoms with E-state index in [1.807, 2.05) is 0 Å². The summed E-state index contributed by atoms with van der Waals surface area (Å²) in [5.41, 5.74) is 0.979. The smallest absolute Gasteiger partial charge is 0.186 e. The molecule has 0 amide bonds. The second kappa shape index (κ2) is 6.68. The number of carbonyl (C=O) groups excluding carboxylic acids is 1. The van der Waals surface area contributed by atoms with Gasteiger partial charge in [-0.1, -0.05) is 25.2 Å². The first-order valence-corrected chi connectivity index (χ1v) is 8.29. The van der Waals surface area contributed by atoms with Crippen molar-refractivity contribution in [3.8, 4) is 0 Å². The first-order chi connectivity index (χ1) is 9.56. The fourth-order valence-corrected chi connectivity index (χ4v) is 3.87. The fraction of sp³-hybridized carbons (Fsp3) is 0.733. The Balaban J connectivity index is 2.27. The van der Waals surface area contributed by atoms with E-state index in [9.17, 15) is 4.79 Å². The molecule has 1 saturated heterocycles. The Morgan fingerprint density at radius 3 is 2.90 bits per heavy atom. The predicted molar refractivity (Wildman–Crippen MR) is 85.1 cm³/mol. The van der Waals surface area contributed by atoms with E-state index >= 15 is 0 Å². The van der Waals surface area contributed by atoms with E-state index in [1.54, 1.807) is 11.3 Å². The van der Waals surface area contributed by atoms with Crippen molar-refractivity contribution in [3.05, 3.63) is 10.6 Å². The lowest BCUT2D eigenvalue weighted by Crippen LogP contribution is -2.37. The van der Waals surface area contributed by atoms with Crippen molar-refractivity contribution >= 4 is 22.8 Å². The Morgan fingerprint density at radius 1 is 1.50 bits per heavy atom. The van der Waals surface area contributed by atoms with Crippen molar-refractivity contribution in [2.24, 2.45) is 0 Å². The summed E-state index contributed by atoms with van der Waals surface area (Å²) in [6.07, 6.45) is 3.13. The predicted octanol–water partition coefficient (Wildman–Crippen LogP) is 3.00. The van der Waals surface area contributed by atoms with E-state index in [4.69, 9.17) is 4.98 Å². The van der Waals surface area contributed by atoms with Gasteiger partial charge in [-0.25, -0.2) is 4.98 Å². The van der Waals surface area contributed by atoms with Crippen molar-refractivity contribution < 1.29 is 4.79 Å². The molecule has 1 fully saturated rings. The average molecular weight is 295 g/mol. The fourth-order valence-electron chi connectivity index (χ4n) is 2.74. The summed E-state index contributed by atoms with van der Waals surface area (Å²) < 4.78 is 0. The molecule has 1 aromatic heterocycles. The monoisotopic (exact) mass is 295 g/mol. The third-order valence-electron chi connectivity index (χ3n) is 4.15. The van der Waals surface area contributed by atoms with Crippen LogP contribution in [0.25, 0.3) is 0 Å². The number of aromatic nitrogens is 1. The van der Waals surface area contributed by atoms with Gasteiger partial charge in [0.05, 0.1) is 10.6 Å². The first kappa shape index (κ1) is 15.4. The molecular formula is C15H25N3OS. The summed E-state index contributed by atoms with van der Waals surface area (Å²) in [6, 6.07) is 0.443. The quantitative estimate of drug-likeness (QED) is 0.800. The highest BCUT2D eigenvalue weighted by Gasteiger charge is 2.24. The highest BCUT2D eigenvalue weighted by Crippen LogP contribution is 2.32. The molecule has 2 rings (SSSR count). The number of nitrogens with zero attached hydrogens (tertiary/aromatic N) is 3. The zero-order valence-electron chi connectivity index (χ0n) is 12.9. The number of rotatable bonds is 4. The minimum absolute atomic E-state index is 0.352. The molecule has 0 aliphatic carbocycles.